The quantitative estimate of drug-likeness (QED) is 0.735. The highest BCUT2D eigenvalue weighted by molar-refractivity contribution is 5.85. The Morgan fingerprint density at radius 1 is 1.46 bits per heavy atom. The van der Waals surface area contributed by atoms with Crippen LogP contribution in [0.4, 0.5) is 0 Å². The third-order valence-electron chi connectivity index (χ3n) is 4.68. The van der Waals surface area contributed by atoms with Crippen LogP contribution in [0.5, 0.6) is 0 Å². The molecule has 1 fully saturated rings. The number of hydrogen-bond donors (Lipinski definition) is 3. The number of rotatable bonds is 5. The molecule has 0 saturated heterocycles. The summed E-state index contributed by atoms with van der Waals surface area (Å²) in [6, 6.07) is 0.0405. The Balaban J connectivity index is 0.00000208. The first-order chi connectivity index (χ1) is 10.9. The Hall–Kier alpha value is -1.86. The van der Waals surface area contributed by atoms with Gasteiger partial charge in [-0.05, 0) is 43.7 Å². The van der Waals surface area contributed by atoms with Crippen LogP contribution in [-0.2, 0) is 18.3 Å². The first-order valence-electron chi connectivity index (χ1n) is 7.95. The molecule has 0 aliphatic heterocycles. The molecule has 4 N–H and O–H groups in total. The smallest absolute Gasteiger partial charge is 0.273 e. The lowest BCUT2D eigenvalue weighted by atomic mass is 10.0. The fourth-order valence-corrected chi connectivity index (χ4v) is 3.05. The summed E-state index contributed by atoms with van der Waals surface area (Å²) < 4.78 is 1.61. The van der Waals surface area contributed by atoms with E-state index in [1.165, 1.54) is 0 Å². The van der Waals surface area contributed by atoms with Gasteiger partial charge in [0.1, 0.15) is 0 Å². The summed E-state index contributed by atoms with van der Waals surface area (Å²) in [5.41, 5.74) is 8.84. The van der Waals surface area contributed by atoms with Crippen molar-refractivity contribution in [2.75, 3.05) is 6.54 Å². The molecule has 1 aliphatic rings. The number of H-pyrrole nitrogens is 1. The SMILES string of the molecule is Cc1nc2c(c(C)c1CC(=O)NCC(N)C1CC1)c(=O)[nH]n2C.Cl. The van der Waals surface area contributed by atoms with Gasteiger partial charge in [0, 0.05) is 25.3 Å². The van der Waals surface area contributed by atoms with Crippen LogP contribution >= 0.6 is 12.4 Å². The molecule has 3 rings (SSSR count). The van der Waals surface area contributed by atoms with Gasteiger partial charge in [-0.15, -0.1) is 12.4 Å². The van der Waals surface area contributed by atoms with Crippen molar-refractivity contribution in [1.82, 2.24) is 20.1 Å². The zero-order chi connectivity index (χ0) is 16.7. The molecule has 1 aliphatic carbocycles. The average Bonchev–Trinajstić information content (AvgIpc) is 3.28. The third-order valence-corrected chi connectivity index (χ3v) is 4.68. The van der Waals surface area contributed by atoms with Gasteiger partial charge in [0.25, 0.3) is 5.56 Å². The molecule has 0 radical (unpaired) electrons. The first-order valence-corrected chi connectivity index (χ1v) is 7.95. The monoisotopic (exact) mass is 353 g/mol. The van der Waals surface area contributed by atoms with Gasteiger partial charge in [-0.1, -0.05) is 0 Å². The molecule has 1 atom stereocenters. The van der Waals surface area contributed by atoms with E-state index in [1.54, 1.807) is 11.7 Å². The van der Waals surface area contributed by atoms with E-state index in [2.05, 4.69) is 15.4 Å². The second-order valence-electron chi connectivity index (χ2n) is 6.48. The molecular weight excluding hydrogens is 330 g/mol. The molecule has 0 bridgehead atoms. The standard InChI is InChI=1S/C16H23N5O2.ClH/c1-8-11(6-13(22)18-7-12(17)10-4-5-10)9(2)19-15-14(8)16(23)20-21(15)3;/h10,12H,4-7,17H2,1-3H3,(H,18,22)(H,20,23);1H. The number of nitrogens with one attached hydrogen (secondary N) is 2. The second-order valence-corrected chi connectivity index (χ2v) is 6.48. The van der Waals surface area contributed by atoms with E-state index >= 15 is 0 Å². The number of hydrogen-bond acceptors (Lipinski definition) is 4. The number of carbonyl (C=O) groups excluding carboxylic acids is 1. The lowest BCUT2D eigenvalue weighted by Crippen LogP contribution is -2.39. The minimum atomic E-state index is -0.176. The van der Waals surface area contributed by atoms with Crippen LogP contribution in [0.15, 0.2) is 4.79 Å². The van der Waals surface area contributed by atoms with Crippen LogP contribution in [-0.4, -0.2) is 33.3 Å². The molecule has 8 heteroatoms. The molecular formula is C16H24ClN5O2. The lowest BCUT2D eigenvalue weighted by molar-refractivity contribution is -0.120. The minimum Gasteiger partial charge on any atom is -0.354 e. The van der Waals surface area contributed by atoms with E-state index in [0.717, 1.165) is 29.7 Å². The van der Waals surface area contributed by atoms with E-state index in [1.807, 2.05) is 13.8 Å². The van der Waals surface area contributed by atoms with Crippen LogP contribution < -0.4 is 16.6 Å². The number of aryl methyl sites for hydroxylation is 3. The Labute approximate surface area is 146 Å². The number of carbonyl (C=O) groups is 1. The number of amides is 1. The number of pyridine rings is 1. The number of fused-ring (bicyclic) bond motifs is 1. The molecule has 1 saturated carbocycles. The fraction of sp³-hybridized carbons (Fsp3) is 0.562. The Bertz CT molecular complexity index is 822. The maximum Gasteiger partial charge on any atom is 0.273 e. The summed E-state index contributed by atoms with van der Waals surface area (Å²) in [5, 5.41) is 6.15. The van der Waals surface area contributed by atoms with Gasteiger partial charge in [-0.25, -0.2) is 4.98 Å². The molecule has 2 heterocycles. The molecule has 0 aromatic carbocycles. The highest BCUT2D eigenvalue weighted by Crippen LogP contribution is 2.31. The molecule has 132 valence electrons. The molecule has 0 spiro atoms. The fourth-order valence-electron chi connectivity index (χ4n) is 3.05. The van der Waals surface area contributed by atoms with Gasteiger partial charge in [0.05, 0.1) is 11.8 Å². The van der Waals surface area contributed by atoms with Crippen LogP contribution in [0, 0.1) is 19.8 Å². The van der Waals surface area contributed by atoms with E-state index in [9.17, 15) is 9.59 Å². The minimum absolute atomic E-state index is 0. The predicted octanol–water partition coefficient (Wildman–Crippen LogP) is 0.696. The second kappa shape index (κ2) is 6.94. The summed E-state index contributed by atoms with van der Waals surface area (Å²) in [7, 11) is 1.75. The molecule has 1 amide bonds. The third kappa shape index (κ3) is 3.47. The van der Waals surface area contributed by atoms with Crippen molar-refractivity contribution in [2.24, 2.45) is 18.7 Å². The van der Waals surface area contributed by atoms with E-state index in [-0.39, 0.29) is 36.3 Å². The molecule has 2 aromatic heterocycles. The van der Waals surface area contributed by atoms with E-state index in [4.69, 9.17) is 5.73 Å². The summed E-state index contributed by atoms with van der Waals surface area (Å²) in [4.78, 5) is 28.7. The van der Waals surface area contributed by atoms with E-state index < -0.39 is 0 Å². The summed E-state index contributed by atoms with van der Waals surface area (Å²) in [6.45, 7) is 4.23. The molecule has 7 nitrogen and oxygen atoms in total. The molecule has 2 aromatic rings. The van der Waals surface area contributed by atoms with Gasteiger partial charge in [0.15, 0.2) is 5.65 Å². The maximum absolute atomic E-state index is 12.2. The maximum atomic E-state index is 12.2. The Kier molecular flexibility index (Phi) is 5.35. The highest BCUT2D eigenvalue weighted by Gasteiger charge is 2.28. The average molecular weight is 354 g/mol. The zero-order valence-electron chi connectivity index (χ0n) is 14.2. The number of nitrogens with two attached hydrogens (primary N) is 1. The van der Waals surface area contributed by atoms with Crippen LogP contribution in [0.2, 0.25) is 0 Å². The topological polar surface area (TPSA) is 106 Å². The highest BCUT2D eigenvalue weighted by atomic mass is 35.5. The normalized spacial score (nSPS) is 15.2. The first kappa shape index (κ1) is 18.5. The lowest BCUT2D eigenvalue weighted by Gasteiger charge is -2.13. The van der Waals surface area contributed by atoms with Crippen molar-refractivity contribution in [3.05, 3.63) is 27.2 Å². The van der Waals surface area contributed by atoms with Crippen molar-refractivity contribution in [3.63, 3.8) is 0 Å². The number of aromatic amines is 1. The van der Waals surface area contributed by atoms with Gasteiger partial charge >= 0.3 is 0 Å². The van der Waals surface area contributed by atoms with Gasteiger partial charge in [-0.2, -0.15) is 0 Å². The van der Waals surface area contributed by atoms with Crippen molar-refractivity contribution in [3.8, 4) is 0 Å². The summed E-state index contributed by atoms with van der Waals surface area (Å²) in [6.07, 6.45) is 2.53. The summed E-state index contributed by atoms with van der Waals surface area (Å²) in [5.74, 6) is 0.473. The number of halogens is 1. The van der Waals surface area contributed by atoms with Gasteiger partial charge in [-0.3, -0.25) is 19.4 Å². The Morgan fingerprint density at radius 3 is 2.75 bits per heavy atom. The van der Waals surface area contributed by atoms with Crippen LogP contribution in [0.3, 0.4) is 0 Å². The van der Waals surface area contributed by atoms with Crippen molar-refractivity contribution >= 4 is 29.3 Å². The largest absolute Gasteiger partial charge is 0.354 e. The zero-order valence-corrected chi connectivity index (χ0v) is 15.0. The van der Waals surface area contributed by atoms with Crippen LogP contribution in [0.25, 0.3) is 11.0 Å². The van der Waals surface area contributed by atoms with Gasteiger partial charge in [0.2, 0.25) is 5.91 Å². The van der Waals surface area contributed by atoms with Gasteiger partial charge < -0.3 is 11.1 Å². The predicted molar refractivity (Wildman–Crippen MR) is 95.5 cm³/mol. The summed E-state index contributed by atoms with van der Waals surface area (Å²) >= 11 is 0. The Morgan fingerprint density at radius 2 is 2.12 bits per heavy atom. The number of nitrogens with zero attached hydrogens (tertiary/aromatic N) is 2. The van der Waals surface area contributed by atoms with E-state index in [0.29, 0.717) is 23.5 Å². The molecule has 24 heavy (non-hydrogen) atoms. The van der Waals surface area contributed by atoms with Crippen LogP contribution in [0.1, 0.15) is 29.7 Å². The molecule has 1 unspecified atom stereocenters. The number of aromatic nitrogens is 3. The van der Waals surface area contributed by atoms with Crippen molar-refractivity contribution in [2.45, 2.75) is 39.2 Å². The van der Waals surface area contributed by atoms with Crippen molar-refractivity contribution < 1.29 is 4.79 Å². The van der Waals surface area contributed by atoms with Crippen molar-refractivity contribution in [1.29, 1.82) is 0 Å².